The van der Waals surface area contributed by atoms with Crippen LogP contribution in [0.1, 0.15) is 138 Å². The number of carbonyl (C=O) groups is 2. The van der Waals surface area contributed by atoms with Gasteiger partial charge in [-0.3, -0.25) is 4.79 Å². The first-order valence-corrected chi connectivity index (χ1v) is 17.4. The maximum Gasteiger partial charge on any atom is 0.407 e. The summed E-state index contributed by atoms with van der Waals surface area (Å²) in [5.41, 5.74) is 0.0716. The number of amides is 1. The molecule has 6 rings (SSSR count). The summed E-state index contributed by atoms with van der Waals surface area (Å²) in [6.07, 6.45) is 15.1. The summed E-state index contributed by atoms with van der Waals surface area (Å²) in [6.45, 7) is 17.3. The van der Waals surface area contributed by atoms with Crippen LogP contribution in [-0.4, -0.2) is 29.3 Å². The van der Waals surface area contributed by atoms with E-state index in [-0.39, 0.29) is 39.9 Å². The highest BCUT2D eigenvalue weighted by Crippen LogP contribution is 2.77. The third kappa shape index (κ3) is 4.11. The Labute approximate surface area is 249 Å². The van der Waals surface area contributed by atoms with Crippen molar-refractivity contribution >= 4 is 12.1 Å². The molecule has 5 heteroatoms. The molecule has 232 valence electrons. The van der Waals surface area contributed by atoms with Crippen LogP contribution in [0.5, 0.6) is 0 Å². The van der Waals surface area contributed by atoms with Gasteiger partial charge in [0.2, 0.25) is 0 Å². The Morgan fingerprint density at radius 2 is 1.49 bits per heavy atom. The fraction of sp³-hybridized carbons (Fsp3) is 0.944. The van der Waals surface area contributed by atoms with Gasteiger partial charge >= 0.3 is 12.1 Å². The standard InChI is InChI=1S/C36H59NO4/c1-22(2)24-14-19-36(30(38)39)21-20-34(6)25(29(24)36)12-13-27-33(5)17-16-28(41-31(40)37-23-10-8-9-11-23)32(3,4)26(33)15-18-35(27,34)7/h22-29H,8-21H2,1-7H3,(H,37,40)(H,38,39)/t24-,25+,26-,27+,28+,29+,33-,34+,35+,36-/m0/s1. The van der Waals surface area contributed by atoms with Crippen LogP contribution in [0.3, 0.4) is 0 Å². The van der Waals surface area contributed by atoms with E-state index in [1.165, 1.54) is 38.5 Å². The molecule has 0 aromatic heterocycles. The third-order valence-electron chi connectivity index (χ3n) is 15.6. The summed E-state index contributed by atoms with van der Waals surface area (Å²) in [5.74, 6) is 2.57. The highest BCUT2D eigenvalue weighted by Gasteiger charge is 2.72. The van der Waals surface area contributed by atoms with Crippen molar-refractivity contribution in [2.75, 3.05) is 0 Å². The number of nitrogens with one attached hydrogen (secondary N) is 1. The highest BCUT2D eigenvalue weighted by atomic mass is 16.6. The van der Waals surface area contributed by atoms with E-state index in [9.17, 15) is 14.7 Å². The number of rotatable bonds is 4. The van der Waals surface area contributed by atoms with Gasteiger partial charge in [-0.2, -0.15) is 0 Å². The first-order valence-electron chi connectivity index (χ1n) is 17.4. The maximum atomic E-state index is 12.9. The van der Waals surface area contributed by atoms with Crippen LogP contribution in [0.2, 0.25) is 0 Å². The van der Waals surface area contributed by atoms with Crippen LogP contribution in [0.25, 0.3) is 0 Å². The Bertz CT molecular complexity index is 1050. The molecule has 0 saturated heterocycles. The molecule has 0 radical (unpaired) electrons. The van der Waals surface area contributed by atoms with Crippen LogP contribution in [0.4, 0.5) is 4.79 Å². The van der Waals surface area contributed by atoms with Gasteiger partial charge in [-0.05, 0) is 129 Å². The van der Waals surface area contributed by atoms with Gasteiger partial charge in [0.15, 0.2) is 0 Å². The van der Waals surface area contributed by atoms with Crippen molar-refractivity contribution in [2.24, 2.45) is 62.6 Å². The Morgan fingerprint density at radius 3 is 2.15 bits per heavy atom. The molecule has 0 heterocycles. The summed E-state index contributed by atoms with van der Waals surface area (Å²) in [4.78, 5) is 25.9. The zero-order valence-electron chi connectivity index (χ0n) is 27.2. The first kappa shape index (κ1) is 29.8. The molecule has 6 aliphatic carbocycles. The zero-order chi connectivity index (χ0) is 29.6. The molecule has 5 nitrogen and oxygen atoms in total. The Morgan fingerprint density at radius 1 is 0.780 bits per heavy atom. The van der Waals surface area contributed by atoms with Gasteiger partial charge in [0, 0.05) is 11.5 Å². The van der Waals surface area contributed by atoms with E-state index in [1.807, 2.05) is 0 Å². The van der Waals surface area contributed by atoms with Crippen molar-refractivity contribution in [3.05, 3.63) is 0 Å². The van der Waals surface area contributed by atoms with Crippen molar-refractivity contribution < 1.29 is 19.4 Å². The number of alkyl carbamates (subject to hydrolysis) is 1. The van der Waals surface area contributed by atoms with E-state index in [0.29, 0.717) is 35.5 Å². The average Bonchev–Trinajstić information content (AvgIpc) is 3.55. The van der Waals surface area contributed by atoms with Gasteiger partial charge < -0.3 is 15.2 Å². The van der Waals surface area contributed by atoms with Gasteiger partial charge in [-0.15, -0.1) is 0 Å². The predicted octanol–water partition coefficient (Wildman–Crippen LogP) is 8.85. The molecule has 10 atom stereocenters. The first-order chi connectivity index (χ1) is 19.2. The molecule has 6 fully saturated rings. The molecule has 0 aliphatic heterocycles. The van der Waals surface area contributed by atoms with E-state index in [0.717, 1.165) is 51.4 Å². The van der Waals surface area contributed by atoms with Crippen LogP contribution in [0.15, 0.2) is 0 Å². The molecule has 0 spiro atoms. The molecule has 1 amide bonds. The van der Waals surface area contributed by atoms with Crippen molar-refractivity contribution in [1.82, 2.24) is 5.32 Å². The largest absolute Gasteiger partial charge is 0.481 e. The van der Waals surface area contributed by atoms with E-state index in [1.54, 1.807) is 0 Å². The van der Waals surface area contributed by atoms with Gasteiger partial charge in [-0.1, -0.05) is 61.3 Å². The van der Waals surface area contributed by atoms with Crippen LogP contribution in [-0.2, 0) is 9.53 Å². The monoisotopic (exact) mass is 569 g/mol. The van der Waals surface area contributed by atoms with E-state index in [2.05, 4.69) is 53.8 Å². The second-order valence-electron chi connectivity index (χ2n) is 17.5. The Kier molecular flexibility index (Phi) is 7.18. The van der Waals surface area contributed by atoms with E-state index < -0.39 is 11.4 Å². The predicted molar refractivity (Wildman–Crippen MR) is 162 cm³/mol. The van der Waals surface area contributed by atoms with Gasteiger partial charge in [0.05, 0.1) is 5.41 Å². The summed E-state index contributed by atoms with van der Waals surface area (Å²) < 4.78 is 6.24. The number of aliphatic carboxylic acids is 1. The summed E-state index contributed by atoms with van der Waals surface area (Å²) in [7, 11) is 0. The maximum absolute atomic E-state index is 12.9. The van der Waals surface area contributed by atoms with E-state index >= 15 is 0 Å². The summed E-state index contributed by atoms with van der Waals surface area (Å²) in [6, 6.07) is 0.288. The lowest BCUT2D eigenvalue weighted by atomic mass is 9.32. The number of carboxylic acid groups (broad SMARTS) is 1. The number of hydrogen-bond acceptors (Lipinski definition) is 3. The molecule has 2 N–H and O–H groups in total. The zero-order valence-corrected chi connectivity index (χ0v) is 27.2. The minimum atomic E-state index is -0.507. The van der Waals surface area contributed by atoms with Crippen molar-refractivity contribution in [3.8, 4) is 0 Å². The lowest BCUT2D eigenvalue weighted by Crippen LogP contribution is -2.67. The average molecular weight is 570 g/mol. The fourth-order valence-corrected chi connectivity index (χ4v) is 13.3. The van der Waals surface area contributed by atoms with Gasteiger partial charge in [0.25, 0.3) is 0 Å². The second kappa shape index (κ2) is 9.88. The van der Waals surface area contributed by atoms with Gasteiger partial charge in [0.1, 0.15) is 6.10 Å². The smallest absolute Gasteiger partial charge is 0.407 e. The van der Waals surface area contributed by atoms with Gasteiger partial charge in [-0.25, -0.2) is 4.79 Å². The minimum Gasteiger partial charge on any atom is -0.481 e. The van der Waals surface area contributed by atoms with Crippen LogP contribution < -0.4 is 5.32 Å². The highest BCUT2D eigenvalue weighted by molar-refractivity contribution is 5.76. The van der Waals surface area contributed by atoms with Crippen molar-refractivity contribution in [1.29, 1.82) is 0 Å². The molecule has 41 heavy (non-hydrogen) atoms. The number of fused-ring (bicyclic) bond motifs is 7. The SMILES string of the molecule is CC(C)[C@@H]1CC[C@]2(C(=O)O)CC[C@]3(C)[C@H](CC[C@@H]4[C@@]5(C)CC[C@@H](OC(=O)NC6CCCC6)C(C)(C)[C@@H]5CC[C@]43C)[C@@H]12. The lowest BCUT2D eigenvalue weighted by Gasteiger charge is -2.72. The molecular formula is C36H59NO4. The lowest BCUT2D eigenvalue weighted by molar-refractivity contribution is -0.249. The van der Waals surface area contributed by atoms with Crippen molar-refractivity contribution in [2.45, 2.75) is 151 Å². The number of carbonyl (C=O) groups excluding carboxylic acids is 1. The van der Waals surface area contributed by atoms with Crippen molar-refractivity contribution in [3.63, 3.8) is 0 Å². The van der Waals surface area contributed by atoms with Crippen LogP contribution in [0, 0.1) is 62.6 Å². The minimum absolute atomic E-state index is 0.0330. The topological polar surface area (TPSA) is 75.6 Å². The van der Waals surface area contributed by atoms with Crippen LogP contribution >= 0.6 is 0 Å². The fourth-order valence-electron chi connectivity index (χ4n) is 13.3. The molecular weight excluding hydrogens is 510 g/mol. The molecule has 0 bridgehead atoms. The molecule has 0 unspecified atom stereocenters. The molecule has 6 saturated carbocycles. The quantitative estimate of drug-likeness (QED) is 0.355. The molecule has 0 aromatic carbocycles. The summed E-state index contributed by atoms with van der Waals surface area (Å²) >= 11 is 0. The number of hydrogen-bond donors (Lipinski definition) is 2. The summed E-state index contributed by atoms with van der Waals surface area (Å²) in [5, 5.41) is 13.8. The normalized spacial score (nSPS) is 49.0. The Balaban J connectivity index is 1.26. The third-order valence-corrected chi connectivity index (χ3v) is 15.6. The molecule has 6 aliphatic rings. The van der Waals surface area contributed by atoms with E-state index in [4.69, 9.17) is 4.74 Å². The molecule has 0 aromatic rings. The number of carboxylic acids is 1. The number of ether oxygens (including phenoxy) is 1. The second-order valence-corrected chi connectivity index (χ2v) is 17.5. The Hall–Kier alpha value is -1.26.